The van der Waals surface area contributed by atoms with E-state index in [2.05, 4.69) is 43.4 Å². The molecule has 0 aliphatic rings. The Morgan fingerprint density at radius 1 is 1.19 bits per heavy atom. The molecule has 0 saturated heterocycles. The Hall–Kier alpha value is -1.32. The molecule has 0 saturated carbocycles. The summed E-state index contributed by atoms with van der Waals surface area (Å²) >= 11 is 1.75. The molecule has 0 amide bonds. The maximum Gasteiger partial charge on any atom is 0.123 e. The first-order valence-electron chi connectivity index (χ1n) is 7.31. The maximum absolute atomic E-state index is 13.3. The van der Waals surface area contributed by atoms with Crippen LogP contribution in [0.4, 0.5) is 4.39 Å². The van der Waals surface area contributed by atoms with Gasteiger partial charge in [0.05, 0.1) is 0 Å². The number of halogens is 1. The van der Waals surface area contributed by atoms with Crippen molar-refractivity contribution in [2.45, 2.75) is 37.5 Å². The molecular weight excluding hydrogens is 281 g/mol. The first-order valence-corrected chi connectivity index (χ1v) is 8.30. The second-order valence-electron chi connectivity index (χ2n) is 5.21. The van der Waals surface area contributed by atoms with Crippen molar-refractivity contribution < 1.29 is 4.39 Å². The third kappa shape index (κ3) is 4.58. The van der Waals surface area contributed by atoms with Crippen molar-refractivity contribution in [3.8, 4) is 0 Å². The highest BCUT2D eigenvalue weighted by molar-refractivity contribution is 7.98. The second-order valence-corrected chi connectivity index (χ2v) is 6.26. The lowest BCUT2D eigenvalue weighted by Gasteiger charge is -2.14. The van der Waals surface area contributed by atoms with Gasteiger partial charge in [-0.2, -0.15) is 0 Å². The van der Waals surface area contributed by atoms with Gasteiger partial charge in [-0.3, -0.25) is 0 Å². The van der Waals surface area contributed by atoms with Crippen LogP contribution >= 0.6 is 11.8 Å². The van der Waals surface area contributed by atoms with Gasteiger partial charge in [-0.05, 0) is 61.3 Å². The highest BCUT2D eigenvalue weighted by Gasteiger charge is 2.06. The van der Waals surface area contributed by atoms with Gasteiger partial charge in [-0.15, -0.1) is 11.8 Å². The van der Waals surface area contributed by atoms with Gasteiger partial charge in [0.25, 0.3) is 0 Å². The lowest BCUT2D eigenvalue weighted by atomic mass is 10.1. The third-order valence-electron chi connectivity index (χ3n) is 3.57. The van der Waals surface area contributed by atoms with Crippen molar-refractivity contribution in [1.82, 2.24) is 5.32 Å². The molecule has 1 N–H and O–H groups in total. The van der Waals surface area contributed by atoms with Crippen LogP contribution in [-0.4, -0.2) is 6.54 Å². The zero-order valence-corrected chi connectivity index (χ0v) is 13.6. The van der Waals surface area contributed by atoms with E-state index in [1.807, 2.05) is 13.0 Å². The van der Waals surface area contributed by atoms with Crippen LogP contribution < -0.4 is 5.32 Å². The SMILES string of the molecule is CCNC(C)c1cccc(SCc2cc(F)ccc2C)c1. The molecular formula is C18H22FNS. The summed E-state index contributed by atoms with van der Waals surface area (Å²) in [5.74, 6) is 0.633. The predicted molar refractivity (Wildman–Crippen MR) is 89.2 cm³/mol. The molecule has 2 aromatic rings. The lowest BCUT2D eigenvalue weighted by molar-refractivity contribution is 0.597. The Bertz CT molecular complexity index is 598. The smallest absolute Gasteiger partial charge is 0.123 e. The molecule has 0 fully saturated rings. The van der Waals surface area contributed by atoms with Gasteiger partial charge in [0.1, 0.15) is 5.82 Å². The quantitative estimate of drug-likeness (QED) is 0.745. The highest BCUT2D eigenvalue weighted by Crippen LogP contribution is 2.27. The number of nitrogens with one attached hydrogen (secondary N) is 1. The zero-order chi connectivity index (χ0) is 15.2. The molecule has 112 valence electrons. The fourth-order valence-corrected chi connectivity index (χ4v) is 3.28. The number of rotatable bonds is 6. The summed E-state index contributed by atoms with van der Waals surface area (Å²) in [6.45, 7) is 7.27. The molecule has 21 heavy (non-hydrogen) atoms. The van der Waals surface area contributed by atoms with Gasteiger partial charge in [0.2, 0.25) is 0 Å². The Balaban J connectivity index is 2.06. The summed E-state index contributed by atoms with van der Waals surface area (Å²) in [5.41, 5.74) is 3.49. The van der Waals surface area contributed by atoms with Crippen molar-refractivity contribution in [3.05, 3.63) is 65.0 Å². The maximum atomic E-state index is 13.3. The largest absolute Gasteiger partial charge is 0.310 e. The number of thioether (sulfide) groups is 1. The fraction of sp³-hybridized carbons (Fsp3) is 0.333. The predicted octanol–water partition coefficient (Wildman–Crippen LogP) is 5.10. The summed E-state index contributed by atoms with van der Waals surface area (Å²) in [5, 5.41) is 3.42. The van der Waals surface area contributed by atoms with Crippen LogP contribution in [0.1, 0.15) is 36.6 Å². The summed E-state index contributed by atoms with van der Waals surface area (Å²) in [4.78, 5) is 1.22. The summed E-state index contributed by atoms with van der Waals surface area (Å²) in [7, 11) is 0. The van der Waals surface area contributed by atoms with Crippen molar-refractivity contribution in [1.29, 1.82) is 0 Å². The fourth-order valence-electron chi connectivity index (χ4n) is 2.25. The minimum Gasteiger partial charge on any atom is -0.310 e. The minimum atomic E-state index is -0.161. The molecule has 2 rings (SSSR count). The van der Waals surface area contributed by atoms with E-state index in [0.29, 0.717) is 6.04 Å². The van der Waals surface area contributed by atoms with Crippen LogP contribution in [0.25, 0.3) is 0 Å². The number of hydrogen-bond acceptors (Lipinski definition) is 2. The summed E-state index contributed by atoms with van der Waals surface area (Å²) < 4.78 is 13.3. The van der Waals surface area contributed by atoms with Crippen LogP contribution in [0.2, 0.25) is 0 Å². The average Bonchev–Trinajstić information content (AvgIpc) is 2.49. The molecule has 0 heterocycles. The van der Waals surface area contributed by atoms with Gasteiger partial charge in [-0.25, -0.2) is 4.39 Å². The first-order chi connectivity index (χ1) is 10.1. The topological polar surface area (TPSA) is 12.0 Å². The lowest BCUT2D eigenvalue weighted by Crippen LogP contribution is -2.17. The van der Waals surface area contributed by atoms with Gasteiger partial charge in [-0.1, -0.05) is 25.1 Å². The van der Waals surface area contributed by atoms with Gasteiger partial charge in [0, 0.05) is 16.7 Å². The number of hydrogen-bond donors (Lipinski definition) is 1. The van der Waals surface area contributed by atoms with Crippen molar-refractivity contribution in [2.24, 2.45) is 0 Å². The average molecular weight is 303 g/mol. The normalized spacial score (nSPS) is 12.4. The highest BCUT2D eigenvalue weighted by atomic mass is 32.2. The van der Waals surface area contributed by atoms with E-state index in [1.54, 1.807) is 17.8 Å². The molecule has 0 aliphatic carbocycles. The van der Waals surface area contributed by atoms with Crippen molar-refractivity contribution >= 4 is 11.8 Å². The van der Waals surface area contributed by atoms with Gasteiger partial charge < -0.3 is 5.32 Å². The molecule has 1 unspecified atom stereocenters. The molecule has 1 nitrogen and oxygen atoms in total. The van der Waals surface area contributed by atoms with Gasteiger partial charge in [0.15, 0.2) is 0 Å². The van der Waals surface area contributed by atoms with E-state index < -0.39 is 0 Å². The molecule has 3 heteroatoms. The van der Waals surface area contributed by atoms with Crippen LogP contribution in [0.15, 0.2) is 47.4 Å². The van der Waals surface area contributed by atoms with E-state index in [-0.39, 0.29) is 5.82 Å². The Morgan fingerprint density at radius 2 is 2.00 bits per heavy atom. The van der Waals surface area contributed by atoms with Gasteiger partial charge >= 0.3 is 0 Å². The first kappa shape index (κ1) is 16.1. The Kier molecular flexibility index (Phi) is 5.83. The number of aryl methyl sites for hydroxylation is 1. The molecule has 0 aromatic heterocycles. The van der Waals surface area contributed by atoms with E-state index in [9.17, 15) is 4.39 Å². The van der Waals surface area contributed by atoms with E-state index in [1.165, 1.54) is 16.5 Å². The Labute approximate surface area is 131 Å². The monoisotopic (exact) mass is 303 g/mol. The summed E-state index contributed by atoms with van der Waals surface area (Å²) in [6, 6.07) is 13.9. The Morgan fingerprint density at radius 3 is 2.76 bits per heavy atom. The molecule has 1 atom stereocenters. The third-order valence-corrected chi connectivity index (χ3v) is 4.62. The zero-order valence-electron chi connectivity index (χ0n) is 12.8. The van der Waals surface area contributed by atoms with Crippen molar-refractivity contribution in [2.75, 3.05) is 6.54 Å². The number of benzene rings is 2. The van der Waals surface area contributed by atoms with Crippen LogP contribution in [0.3, 0.4) is 0 Å². The van der Waals surface area contributed by atoms with E-state index in [4.69, 9.17) is 0 Å². The molecule has 2 aromatic carbocycles. The van der Waals surface area contributed by atoms with Crippen molar-refractivity contribution in [3.63, 3.8) is 0 Å². The van der Waals surface area contributed by atoms with Crippen LogP contribution in [0.5, 0.6) is 0 Å². The molecule has 0 bridgehead atoms. The van der Waals surface area contributed by atoms with Crippen LogP contribution in [-0.2, 0) is 5.75 Å². The molecule has 0 aliphatic heterocycles. The summed E-state index contributed by atoms with van der Waals surface area (Å²) in [6.07, 6.45) is 0. The second kappa shape index (κ2) is 7.62. The standard InChI is InChI=1S/C18H22FNS/c1-4-20-14(3)15-6-5-7-18(11-15)21-12-16-10-17(19)9-8-13(16)2/h5-11,14,20H,4,12H2,1-3H3. The molecule has 0 radical (unpaired) electrons. The minimum absolute atomic E-state index is 0.161. The van der Waals surface area contributed by atoms with E-state index in [0.717, 1.165) is 23.4 Å². The molecule has 0 spiro atoms. The van der Waals surface area contributed by atoms with Crippen LogP contribution in [0, 0.1) is 12.7 Å². The van der Waals surface area contributed by atoms with E-state index >= 15 is 0 Å².